The van der Waals surface area contributed by atoms with Gasteiger partial charge in [0.1, 0.15) is 0 Å². The second-order valence-corrected chi connectivity index (χ2v) is 6.06. The highest BCUT2D eigenvalue weighted by Crippen LogP contribution is 2.21. The topological polar surface area (TPSA) is 46.3 Å². The zero-order valence-electron chi connectivity index (χ0n) is 10.8. The van der Waals surface area contributed by atoms with E-state index in [4.69, 9.17) is 5.73 Å². The molecule has 1 heterocycles. The summed E-state index contributed by atoms with van der Waals surface area (Å²) in [4.78, 5) is 14.4. The fourth-order valence-electron chi connectivity index (χ4n) is 2.54. The number of nitrogens with zero attached hydrogens (tertiary/aromatic N) is 1. The zero-order valence-corrected chi connectivity index (χ0v) is 12.4. The van der Waals surface area contributed by atoms with Crippen molar-refractivity contribution >= 4 is 21.8 Å². The van der Waals surface area contributed by atoms with E-state index in [1.54, 1.807) is 0 Å². The highest BCUT2D eigenvalue weighted by molar-refractivity contribution is 9.10. The SMILES string of the molecule is Cc1cc(Br)cc(C(=O)N2CCC(N)CC2C)c1. The van der Waals surface area contributed by atoms with E-state index in [-0.39, 0.29) is 18.0 Å². The van der Waals surface area contributed by atoms with Gasteiger partial charge in [-0.15, -0.1) is 0 Å². The van der Waals surface area contributed by atoms with Gasteiger partial charge in [-0.3, -0.25) is 4.79 Å². The lowest BCUT2D eigenvalue weighted by Crippen LogP contribution is -2.48. The molecule has 1 fully saturated rings. The molecule has 3 nitrogen and oxygen atoms in total. The average molecular weight is 311 g/mol. The highest BCUT2D eigenvalue weighted by Gasteiger charge is 2.27. The molecular weight excluding hydrogens is 292 g/mol. The van der Waals surface area contributed by atoms with E-state index in [1.165, 1.54) is 0 Å². The Bertz CT molecular complexity index is 441. The summed E-state index contributed by atoms with van der Waals surface area (Å²) in [7, 11) is 0. The molecule has 0 radical (unpaired) electrons. The van der Waals surface area contributed by atoms with Crippen LogP contribution in [0.1, 0.15) is 35.7 Å². The number of nitrogens with two attached hydrogens (primary N) is 1. The molecule has 1 aliphatic heterocycles. The van der Waals surface area contributed by atoms with Gasteiger partial charge in [-0.1, -0.05) is 15.9 Å². The van der Waals surface area contributed by atoms with Gasteiger partial charge in [0, 0.05) is 28.7 Å². The van der Waals surface area contributed by atoms with Crippen LogP contribution in [-0.2, 0) is 0 Å². The molecule has 1 amide bonds. The number of halogens is 1. The monoisotopic (exact) mass is 310 g/mol. The molecule has 2 atom stereocenters. The Kier molecular flexibility index (Phi) is 4.07. The summed E-state index contributed by atoms with van der Waals surface area (Å²) in [6.45, 7) is 4.82. The van der Waals surface area contributed by atoms with Crippen LogP contribution in [0.25, 0.3) is 0 Å². The van der Waals surface area contributed by atoms with Crippen LogP contribution in [0, 0.1) is 6.92 Å². The van der Waals surface area contributed by atoms with E-state index in [9.17, 15) is 4.79 Å². The van der Waals surface area contributed by atoms with Gasteiger partial charge in [0.05, 0.1) is 0 Å². The summed E-state index contributed by atoms with van der Waals surface area (Å²) in [6, 6.07) is 6.28. The van der Waals surface area contributed by atoms with Crippen molar-refractivity contribution < 1.29 is 4.79 Å². The first-order valence-corrected chi connectivity index (χ1v) is 7.10. The number of benzene rings is 1. The molecular formula is C14H19BrN2O. The molecule has 1 aliphatic rings. The number of likely N-dealkylation sites (tertiary alicyclic amines) is 1. The molecule has 2 N–H and O–H groups in total. The third kappa shape index (κ3) is 2.93. The summed E-state index contributed by atoms with van der Waals surface area (Å²) in [5.41, 5.74) is 7.77. The Morgan fingerprint density at radius 2 is 2.17 bits per heavy atom. The first-order chi connectivity index (χ1) is 8.47. The van der Waals surface area contributed by atoms with Crippen LogP contribution >= 0.6 is 15.9 Å². The molecule has 1 aromatic rings. The van der Waals surface area contributed by atoms with E-state index in [2.05, 4.69) is 22.9 Å². The quantitative estimate of drug-likeness (QED) is 0.867. The van der Waals surface area contributed by atoms with Crippen molar-refractivity contribution in [3.8, 4) is 0 Å². The fourth-order valence-corrected chi connectivity index (χ4v) is 3.14. The number of carbonyl (C=O) groups is 1. The van der Waals surface area contributed by atoms with E-state index in [0.717, 1.165) is 35.0 Å². The van der Waals surface area contributed by atoms with Gasteiger partial charge in [0.15, 0.2) is 0 Å². The lowest BCUT2D eigenvalue weighted by molar-refractivity contribution is 0.0619. The molecule has 0 saturated carbocycles. The molecule has 98 valence electrons. The maximum absolute atomic E-state index is 12.5. The van der Waals surface area contributed by atoms with Crippen LogP contribution in [0.15, 0.2) is 22.7 Å². The molecule has 0 aliphatic carbocycles. The largest absolute Gasteiger partial charge is 0.336 e. The van der Waals surface area contributed by atoms with E-state index in [0.29, 0.717) is 0 Å². The van der Waals surface area contributed by atoms with Crippen molar-refractivity contribution in [3.63, 3.8) is 0 Å². The summed E-state index contributed by atoms with van der Waals surface area (Å²) in [6.07, 6.45) is 1.78. The summed E-state index contributed by atoms with van der Waals surface area (Å²) in [5, 5.41) is 0. The molecule has 1 saturated heterocycles. The van der Waals surface area contributed by atoms with E-state index in [1.807, 2.05) is 30.0 Å². The maximum atomic E-state index is 12.5. The lowest BCUT2D eigenvalue weighted by atomic mass is 9.98. The number of rotatable bonds is 1. The highest BCUT2D eigenvalue weighted by atomic mass is 79.9. The minimum absolute atomic E-state index is 0.110. The second-order valence-electron chi connectivity index (χ2n) is 5.15. The third-order valence-corrected chi connectivity index (χ3v) is 3.92. The zero-order chi connectivity index (χ0) is 13.3. The summed E-state index contributed by atoms with van der Waals surface area (Å²) < 4.78 is 0.951. The van der Waals surface area contributed by atoms with Gasteiger partial charge in [-0.2, -0.15) is 0 Å². The predicted molar refractivity (Wildman–Crippen MR) is 76.6 cm³/mol. The van der Waals surface area contributed by atoms with Crippen molar-refractivity contribution in [1.82, 2.24) is 4.90 Å². The van der Waals surface area contributed by atoms with Crippen LogP contribution in [0.5, 0.6) is 0 Å². The van der Waals surface area contributed by atoms with E-state index < -0.39 is 0 Å². The maximum Gasteiger partial charge on any atom is 0.254 e. The van der Waals surface area contributed by atoms with Crippen molar-refractivity contribution in [2.24, 2.45) is 5.73 Å². The number of aryl methyl sites for hydroxylation is 1. The minimum Gasteiger partial charge on any atom is -0.336 e. The smallest absolute Gasteiger partial charge is 0.254 e. The van der Waals surface area contributed by atoms with Crippen LogP contribution in [0.2, 0.25) is 0 Å². The number of carbonyl (C=O) groups excluding carboxylic acids is 1. The Hall–Kier alpha value is -0.870. The number of hydrogen-bond donors (Lipinski definition) is 1. The normalized spacial score (nSPS) is 24.1. The van der Waals surface area contributed by atoms with Crippen molar-refractivity contribution in [2.45, 2.75) is 38.8 Å². The van der Waals surface area contributed by atoms with Crippen molar-refractivity contribution in [1.29, 1.82) is 0 Å². The molecule has 2 unspecified atom stereocenters. The standard InChI is InChI=1S/C14H19BrN2O/c1-9-5-11(8-12(15)6-9)14(18)17-4-3-13(16)7-10(17)2/h5-6,8,10,13H,3-4,7,16H2,1-2H3. The Morgan fingerprint density at radius 3 is 2.78 bits per heavy atom. The summed E-state index contributed by atoms with van der Waals surface area (Å²) in [5.74, 6) is 0.110. The van der Waals surface area contributed by atoms with Gasteiger partial charge < -0.3 is 10.6 Å². The molecule has 0 spiro atoms. The van der Waals surface area contributed by atoms with Gasteiger partial charge in [-0.25, -0.2) is 0 Å². The molecule has 0 bridgehead atoms. The molecule has 4 heteroatoms. The Balaban J connectivity index is 2.20. The summed E-state index contributed by atoms with van der Waals surface area (Å²) >= 11 is 3.44. The lowest BCUT2D eigenvalue weighted by Gasteiger charge is -2.36. The first kappa shape index (κ1) is 13.6. The second kappa shape index (κ2) is 5.41. The third-order valence-electron chi connectivity index (χ3n) is 3.47. The number of hydrogen-bond acceptors (Lipinski definition) is 2. The number of amides is 1. The van der Waals surface area contributed by atoms with Gasteiger partial charge in [0.25, 0.3) is 5.91 Å². The molecule has 2 rings (SSSR count). The predicted octanol–water partition coefficient (Wildman–Crippen LogP) is 2.71. The van der Waals surface area contributed by atoms with Crippen molar-refractivity contribution in [2.75, 3.05) is 6.54 Å². The van der Waals surface area contributed by atoms with Crippen LogP contribution in [-0.4, -0.2) is 29.4 Å². The molecule has 18 heavy (non-hydrogen) atoms. The van der Waals surface area contributed by atoms with Crippen molar-refractivity contribution in [3.05, 3.63) is 33.8 Å². The van der Waals surface area contributed by atoms with Gasteiger partial charge >= 0.3 is 0 Å². The van der Waals surface area contributed by atoms with Crippen LogP contribution in [0.4, 0.5) is 0 Å². The van der Waals surface area contributed by atoms with Gasteiger partial charge in [0.2, 0.25) is 0 Å². The molecule has 0 aromatic heterocycles. The van der Waals surface area contributed by atoms with Crippen LogP contribution < -0.4 is 5.73 Å². The minimum atomic E-state index is 0.110. The Morgan fingerprint density at radius 1 is 1.44 bits per heavy atom. The van der Waals surface area contributed by atoms with Gasteiger partial charge in [-0.05, 0) is 50.5 Å². The Labute approximate surface area is 116 Å². The fraction of sp³-hybridized carbons (Fsp3) is 0.500. The molecule has 1 aromatic carbocycles. The van der Waals surface area contributed by atoms with Crippen LogP contribution in [0.3, 0.4) is 0 Å². The average Bonchev–Trinajstić information content (AvgIpc) is 2.26. The number of piperidine rings is 1. The van der Waals surface area contributed by atoms with E-state index >= 15 is 0 Å². The first-order valence-electron chi connectivity index (χ1n) is 6.31.